The minimum absolute atomic E-state index is 0.201. The van der Waals surface area contributed by atoms with Crippen LogP contribution in [-0.2, 0) is 0 Å². The van der Waals surface area contributed by atoms with Gasteiger partial charge in [0.05, 0.1) is 24.2 Å². The standard InChI is InChI=1S/C10H11FN4OS/c1-16-8-3-2-6(4-7(8)11)10(14-12)9-5-13-15-17-9/h2-5,10,14H,12H2,1H3. The molecule has 0 saturated carbocycles. The molecule has 0 saturated heterocycles. The Labute approximate surface area is 102 Å². The first-order chi connectivity index (χ1) is 8.26. The SMILES string of the molecule is COc1ccc(C(NN)c2cnns2)cc1F. The average Bonchev–Trinajstić information content (AvgIpc) is 2.84. The highest BCUT2D eigenvalue weighted by atomic mass is 32.1. The lowest BCUT2D eigenvalue weighted by Crippen LogP contribution is -2.28. The Morgan fingerprint density at radius 3 is 2.88 bits per heavy atom. The largest absolute Gasteiger partial charge is 0.494 e. The second kappa shape index (κ2) is 5.17. The number of ether oxygens (including phenoxy) is 1. The van der Waals surface area contributed by atoms with Crippen LogP contribution in [0.5, 0.6) is 5.75 Å². The number of nitrogens with one attached hydrogen (secondary N) is 1. The first-order valence-corrected chi connectivity index (χ1v) is 5.60. The Kier molecular flexibility index (Phi) is 3.62. The Morgan fingerprint density at radius 1 is 1.53 bits per heavy atom. The number of rotatable bonds is 4. The molecule has 2 rings (SSSR count). The predicted molar refractivity (Wildman–Crippen MR) is 62.0 cm³/mol. The second-order valence-electron chi connectivity index (χ2n) is 3.31. The summed E-state index contributed by atoms with van der Waals surface area (Å²) in [5.41, 5.74) is 3.30. The number of hydrogen-bond donors (Lipinski definition) is 2. The van der Waals surface area contributed by atoms with Gasteiger partial charge in [-0.2, -0.15) is 0 Å². The van der Waals surface area contributed by atoms with Crippen LogP contribution in [0.2, 0.25) is 0 Å². The van der Waals surface area contributed by atoms with Crippen LogP contribution in [0.1, 0.15) is 16.5 Å². The van der Waals surface area contributed by atoms with Crippen LogP contribution in [0.25, 0.3) is 0 Å². The fourth-order valence-electron chi connectivity index (χ4n) is 1.51. The Hall–Kier alpha value is -1.57. The van der Waals surface area contributed by atoms with Crippen LogP contribution >= 0.6 is 11.5 Å². The highest BCUT2D eigenvalue weighted by Crippen LogP contribution is 2.26. The average molecular weight is 254 g/mol. The molecule has 0 aliphatic carbocycles. The summed E-state index contributed by atoms with van der Waals surface area (Å²) < 4.78 is 22.2. The molecule has 0 amide bonds. The summed E-state index contributed by atoms with van der Waals surface area (Å²) in [5.74, 6) is 5.24. The molecule has 7 heteroatoms. The highest BCUT2D eigenvalue weighted by Gasteiger charge is 2.16. The van der Waals surface area contributed by atoms with Gasteiger partial charge in [0.1, 0.15) is 0 Å². The quantitative estimate of drug-likeness (QED) is 0.634. The van der Waals surface area contributed by atoms with Gasteiger partial charge in [-0.15, -0.1) is 5.10 Å². The molecular weight excluding hydrogens is 243 g/mol. The Morgan fingerprint density at radius 2 is 2.35 bits per heavy atom. The molecule has 1 aromatic heterocycles. The molecule has 0 spiro atoms. The van der Waals surface area contributed by atoms with Gasteiger partial charge in [0, 0.05) is 0 Å². The third-order valence-electron chi connectivity index (χ3n) is 2.34. The van der Waals surface area contributed by atoms with E-state index < -0.39 is 5.82 Å². The van der Waals surface area contributed by atoms with Crippen LogP contribution in [0.4, 0.5) is 4.39 Å². The van der Waals surface area contributed by atoms with Crippen LogP contribution in [-0.4, -0.2) is 16.7 Å². The van der Waals surface area contributed by atoms with E-state index in [1.807, 2.05) is 0 Å². The third-order valence-corrected chi connectivity index (χ3v) is 3.07. The van der Waals surface area contributed by atoms with Gasteiger partial charge in [-0.05, 0) is 29.2 Å². The molecule has 1 heterocycles. The lowest BCUT2D eigenvalue weighted by atomic mass is 10.1. The van der Waals surface area contributed by atoms with Gasteiger partial charge in [-0.3, -0.25) is 5.84 Å². The molecule has 1 unspecified atom stereocenters. The third kappa shape index (κ3) is 2.41. The molecule has 0 aliphatic rings. The topological polar surface area (TPSA) is 73.1 Å². The van der Waals surface area contributed by atoms with Gasteiger partial charge in [0.25, 0.3) is 0 Å². The van der Waals surface area contributed by atoms with Crippen LogP contribution in [0.15, 0.2) is 24.4 Å². The number of methoxy groups -OCH3 is 1. The van der Waals surface area contributed by atoms with E-state index in [4.69, 9.17) is 10.6 Å². The molecule has 2 aromatic rings. The molecule has 17 heavy (non-hydrogen) atoms. The summed E-state index contributed by atoms with van der Waals surface area (Å²) in [4.78, 5) is 0.817. The Bertz CT molecular complexity index is 491. The first-order valence-electron chi connectivity index (χ1n) is 4.83. The summed E-state index contributed by atoms with van der Waals surface area (Å²) in [7, 11) is 1.42. The van der Waals surface area contributed by atoms with Crippen molar-refractivity contribution in [1.29, 1.82) is 0 Å². The summed E-state index contributed by atoms with van der Waals surface area (Å²) in [5, 5.41) is 3.73. The number of nitrogens with zero attached hydrogens (tertiary/aromatic N) is 2. The minimum atomic E-state index is -0.428. The number of hydrazine groups is 1. The molecule has 0 radical (unpaired) electrons. The fourth-order valence-corrected chi connectivity index (χ4v) is 2.10. The molecule has 5 nitrogen and oxygen atoms in total. The highest BCUT2D eigenvalue weighted by molar-refractivity contribution is 7.05. The number of hydrogen-bond acceptors (Lipinski definition) is 6. The monoisotopic (exact) mass is 254 g/mol. The second-order valence-corrected chi connectivity index (χ2v) is 4.13. The normalized spacial score (nSPS) is 12.4. The summed E-state index contributed by atoms with van der Waals surface area (Å²) >= 11 is 1.21. The molecule has 1 atom stereocenters. The number of aromatic nitrogens is 2. The number of nitrogens with two attached hydrogens (primary N) is 1. The van der Waals surface area contributed by atoms with Crippen molar-refractivity contribution in [3.05, 3.63) is 40.7 Å². The predicted octanol–water partition coefficient (Wildman–Crippen LogP) is 1.24. The van der Waals surface area contributed by atoms with E-state index in [2.05, 4.69) is 15.0 Å². The lowest BCUT2D eigenvalue weighted by molar-refractivity contribution is 0.386. The van der Waals surface area contributed by atoms with E-state index in [9.17, 15) is 4.39 Å². The Balaban J connectivity index is 2.35. The van der Waals surface area contributed by atoms with Crippen LogP contribution < -0.4 is 16.0 Å². The van der Waals surface area contributed by atoms with Gasteiger partial charge in [0.2, 0.25) is 0 Å². The first kappa shape index (κ1) is 11.9. The van der Waals surface area contributed by atoms with Gasteiger partial charge >= 0.3 is 0 Å². The van der Waals surface area contributed by atoms with E-state index in [0.717, 1.165) is 4.88 Å². The zero-order chi connectivity index (χ0) is 12.3. The fraction of sp³-hybridized carbons (Fsp3) is 0.200. The molecule has 0 aliphatic heterocycles. The summed E-state index contributed by atoms with van der Waals surface area (Å²) in [6.45, 7) is 0. The smallest absolute Gasteiger partial charge is 0.165 e. The molecule has 0 bridgehead atoms. The summed E-state index contributed by atoms with van der Waals surface area (Å²) in [6, 6.07) is 4.36. The van der Waals surface area contributed by atoms with Crippen molar-refractivity contribution < 1.29 is 9.13 Å². The van der Waals surface area contributed by atoms with E-state index in [0.29, 0.717) is 5.56 Å². The number of benzene rings is 1. The van der Waals surface area contributed by atoms with E-state index in [-0.39, 0.29) is 11.8 Å². The van der Waals surface area contributed by atoms with Crippen LogP contribution in [0.3, 0.4) is 0 Å². The zero-order valence-electron chi connectivity index (χ0n) is 9.05. The van der Waals surface area contributed by atoms with Crippen LogP contribution in [0, 0.1) is 5.82 Å². The zero-order valence-corrected chi connectivity index (χ0v) is 9.87. The maximum absolute atomic E-state index is 13.6. The molecule has 3 N–H and O–H groups in total. The van der Waals surface area contributed by atoms with Crippen molar-refractivity contribution in [2.24, 2.45) is 5.84 Å². The van der Waals surface area contributed by atoms with Crippen molar-refractivity contribution in [2.45, 2.75) is 6.04 Å². The van der Waals surface area contributed by atoms with Gasteiger partial charge in [0.15, 0.2) is 11.6 Å². The maximum atomic E-state index is 13.6. The van der Waals surface area contributed by atoms with Crippen molar-refractivity contribution >= 4 is 11.5 Å². The van der Waals surface area contributed by atoms with Crippen molar-refractivity contribution in [3.8, 4) is 5.75 Å². The van der Waals surface area contributed by atoms with Gasteiger partial charge < -0.3 is 4.74 Å². The lowest BCUT2D eigenvalue weighted by Gasteiger charge is -2.14. The van der Waals surface area contributed by atoms with Crippen molar-refractivity contribution in [3.63, 3.8) is 0 Å². The van der Waals surface area contributed by atoms with Gasteiger partial charge in [-0.25, -0.2) is 9.82 Å². The molecule has 1 aromatic carbocycles. The summed E-state index contributed by atoms with van der Waals surface area (Å²) in [6.07, 6.45) is 1.59. The number of halogens is 1. The van der Waals surface area contributed by atoms with Gasteiger partial charge in [-0.1, -0.05) is 10.6 Å². The molecule has 90 valence electrons. The minimum Gasteiger partial charge on any atom is -0.494 e. The van der Waals surface area contributed by atoms with E-state index in [1.165, 1.54) is 24.7 Å². The van der Waals surface area contributed by atoms with Crippen molar-refractivity contribution in [1.82, 2.24) is 15.0 Å². The molecule has 0 fully saturated rings. The maximum Gasteiger partial charge on any atom is 0.165 e. The van der Waals surface area contributed by atoms with E-state index >= 15 is 0 Å². The van der Waals surface area contributed by atoms with E-state index in [1.54, 1.807) is 18.3 Å². The van der Waals surface area contributed by atoms with Crippen molar-refractivity contribution in [2.75, 3.05) is 7.11 Å². The molecular formula is C10H11FN4OS.